The molecule has 7 heteroatoms. The molecule has 0 aliphatic heterocycles. The van der Waals surface area contributed by atoms with Gasteiger partial charge in [0.1, 0.15) is 0 Å². The summed E-state index contributed by atoms with van der Waals surface area (Å²) in [4.78, 5) is 13.5. The molecule has 1 aliphatic carbocycles. The minimum atomic E-state index is 0.338. The van der Waals surface area contributed by atoms with Gasteiger partial charge in [0.05, 0.1) is 6.04 Å². The molecule has 0 bridgehead atoms. The van der Waals surface area contributed by atoms with E-state index in [2.05, 4.69) is 25.9 Å². The summed E-state index contributed by atoms with van der Waals surface area (Å²) in [7, 11) is 1.77. The quantitative estimate of drug-likeness (QED) is 0.440. The molecule has 2 rings (SSSR count). The fourth-order valence-electron chi connectivity index (χ4n) is 2.37. The third-order valence-corrected chi connectivity index (χ3v) is 3.61. The zero-order valence-corrected chi connectivity index (χ0v) is 13.5. The van der Waals surface area contributed by atoms with Crippen LogP contribution in [0.25, 0.3) is 0 Å². The lowest BCUT2D eigenvalue weighted by atomic mass is 10.3. The second-order valence-electron chi connectivity index (χ2n) is 5.22. The van der Waals surface area contributed by atoms with Crippen molar-refractivity contribution in [3.05, 3.63) is 17.5 Å². The maximum absolute atomic E-state index is 5.16. The van der Waals surface area contributed by atoms with Crippen LogP contribution in [0.1, 0.15) is 37.1 Å². The summed E-state index contributed by atoms with van der Waals surface area (Å²) in [5, 5.41) is 9.61. The average molecular weight is 306 g/mol. The summed E-state index contributed by atoms with van der Waals surface area (Å²) >= 11 is 5.16. The van der Waals surface area contributed by atoms with Crippen molar-refractivity contribution in [1.82, 2.24) is 20.6 Å². The summed E-state index contributed by atoms with van der Waals surface area (Å²) < 4.78 is 0. The second kappa shape index (κ2) is 7.31. The fraction of sp³-hybridized carbons (Fsp3) is 0.571. The Bertz CT molecular complexity index is 516. The lowest BCUT2D eigenvalue weighted by Crippen LogP contribution is -2.42. The Morgan fingerprint density at radius 2 is 1.86 bits per heavy atom. The first kappa shape index (κ1) is 15.6. The lowest BCUT2D eigenvalue weighted by molar-refractivity contribution is 0.703. The molecule has 0 amide bonds. The minimum Gasteiger partial charge on any atom is -0.365 e. The van der Waals surface area contributed by atoms with E-state index in [4.69, 9.17) is 17.2 Å². The van der Waals surface area contributed by atoms with Crippen molar-refractivity contribution in [2.75, 3.05) is 12.4 Å². The molecule has 6 nitrogen and oxygen atoms in total. The highest BCUT2D eigenvalue weighted by Gasteiger charge is 2.16. The van der Waals surface area contributed by atoms with Crippen LogP contribution < -0.4 is 16.0 Å². The van der Waals surface area contributed by atoms with Gasteiger partial charge >= 0.3 is 0 Å². The van der Waals surface area contributed by atoms with Crippen LogP contribution >= 0.6 is 12.2 Å². The summed E-state index contributed by atoms with van der Waals surface area (Å²) in [6.07, 6.45) is 4.70. The van der Waals surface area contributed by atoms with Gasteiger partial charge in [-0.15, -0.1) is 0 Å². The van der Waals surface area contributed by atoms with E-state index in [1.165, 1.54) is 12.8 Å². The van der Waals surface area contributed by atoms with Crippen molar-refractivity contribution >= 4 is 29.2 Å². The van der Waals surface area contributed by atoms with E-state index in [0.29, 0.717) is 23.1 Å². The van der Waals surface area contributed by atoms with E-state index >= 15 is 0 Å². The van der Waals surface area contributed by atoms with Gasteiger partial charge in [-0.25, -0.2) is 15.0 Å². The molecular weight excluding hydrogens is 284 g/mol. The maximum atomic E-state index is 5.16. The summed E-state index contributed by atoms with van der Waals surface area (Å²) in [6, 6.07) is 2.27. The van der Waals surface area contributed by atoms with Crippen molar-refractivity contribution < 1.29 is 0 Å². The fourth-order valence-corrected chi connectivity index (χ4v) is 2.47. The summed E-state index contributed by atoms with van der Waals surface area (Å²) in [6.45, 7) is 3.89. The largest absolute Gasteiger partial charge is 0.365 e. The standard InChI is InChI=1S/C14H22N6S/c1-9-8-10(2)17-12(16-9)19-13(20-14(21)15-3)18-11-6-4-5-7-11/h8,11H,4-7H2,1-3H3,(H3,15,16,17,18,19,20,21). The van der Waals surface area contributed by atoms with Gasteiger partial charge in [-0.2, -0.15) is 0 Å². The number of aryl methyl sites for hydroxylation is 2. The molecule has 0 unspecified atom stereocenters. The molecular formula is C14H22N6S. The molecule has 3 N–H and O–H groups in total. The average Bonchev–Trinajstić information content (AvgIpc) is 2.90. The van der Waals surface area contributed by atoms with Gasteiger partial charge in [-0.1, -0.05) is 12.8 Å². The maximum Gasteiger partial charge on any atom is 0.229 e. The van der Waals surface area contributed by atoms with Crippen LogP contribution in [0.4, 0.5) is 5.95 Å². The predicted molar refractivity (Wildman–Crippen MR) is 89.6 cm³/mol. The Kier molecular flexibility index (Phi) is 5.44. The molecule has 0 saturated heterocycles. The number of hydrogen-bond acceptors (Lipinski definition) is 4. The first-order chi connectivity index (χ1) is 10.1. The van der Waals surface area contributed by atoms with E-state index < -0.39 is 0 Å². The van der Waals surface area contributed by atoms with Gasteiger partial charge in [0.2, 0.25) is 11.9 Å². The molecule has 114 valence electrons. The number of thiocarbonyl (C=S) groups is 1. The molecule has 1 heterocycles. The number of aromatic nitrogens is 2. The van der Waals surface area contributed by atoms with Gasteiger partial charge in [0.25, 0.3) is 0 Å². The Labute approximate surface area is 130 Å². The van der Waals surface area contributed by atoms with Crippen molar-refractivity contribution in [3.63, 3.8) is 0 Å². The van der Waals surface area contributed by atoms with Crippen LogP contribution in [-0.4, -0.2) is 34.1 Å². The molecule has 0 aromatic carbocycles. The molecule has 0 spiro atoms. The Morgan fingerprint density at radius 1 is 1.24 bits per heavy atom. The number of guanidine groups is 1. The molecule has 1 fully saturated rings. The van der Waals surface area contributed by atoms with Crippen molar-refractivity contribution in [3.8, 4) is 0 Å². The van der Waals surface area contributed by atoms with Gasteiger partial charge < -0.3 is 10.6 Å². The number of nitrogens with one attached hydrogen (secondary N) is 3. The molecule has 1 aromatic heterocycles. The second-order valence-corrected chi connectivity index (χ2v) is 5.63. The van der Waals surface area contributed by atoms with E-state index in [1.807, 2.05) is 19.9 Å². The molecule has 0 radical (unpaired) electrons. The number of rotatable bonds is 2. The molecule has 1 aliphatic rings. The number of aliphatic imine (C=N–C) groups is 1. The first-order valence-corrected chi connectivity index (χ1v) is 7.63. The zero-order chi connectivity index (χ0) is 15.2. The topological polar surface area (TPSA) is 74.2 Å². The van der Waals surface area contributed by atoms with Crippen molar-refractivity contribution in [2.45, 2.75) is 45.6 Å². The predicted octanol–water partition coefficient (Wildman–Crippen LogP) is 1.90. The SMILES string of the molecule is CNC(=S)NC(=NC1CCCC1)Nc1nc(C)cc(C)n1. The molecule has 0 atom stereocenters. The Morgan fingerprint density at radius 3 is 2.43 bits per heavy atom. The number of hydrogen-bond donors (Lipinski definition) is 3. The van der Waals surface area contributed by atoms with E-state index in [9.17, 15) is 0 Å². The zero-order valence-electron chi connectivity index (χ0n) is 12.7. The van der Waals surface area contributed by atoms with Crippen LogP contribution in [0.3, 0.4) is 0 Å². The van der Waals surface area contributed by atoms with Crippen molar-refractivity contribution in [1.29, 1.82) is 0 Å². The number of nitrogens with zero attached hydrogens (tertiary/aromatic N) is 3. The van der Waals surface area contributed by atoms with Crippen LogP contribution in [-0.2, 0) is 0 Å². The van der Waals surface area contributed by atoms with Crippen LogP contribution in [0.15, 0.2) is 11.1 Å². The molecule has 21 heavy (non-hydrogen) atoms. The monoisotopic (exact) mass is 306 g/mol. The van der Waals surface area contributed by atoms with Crippen molar-refractivity contribution in [2.24, 2.45) is 4.99 Å². The first-order valence-electron chi connectivity index (χ1n) is 7.22. The van der Waals surface area contributed by atoms with Gasteiger partial charge in [-0.3, -0.25) is 5.32 Å². The van der Waals surface area contributed by atoms with Gasteiger partial charge in [0.15, 0.2) is 5.11 Å². The highest BCUT2D eigenvalue weighted by Crippen LogP contribution is 2.21. The Hall–Kier alpha value is -1.76. The van der Waals surface area contributed by atoms with Gasteiger partial charge in [-0.05, 0) is 45.0 Å². The summed E-state index contributed by atoms with van der Waals surface area (Å²) in [5.41, 5.74) is 1.84. The smallest absolute Gasteiger partial charge is 0.229 e. The van der Waals surface area contributed by atoms with Crippen LogP contribution in [0, 0.1) is 13.8 Å². The van der Waals surface area contributed by atoms with E-state index in [0.717, 1.165) is 24.2 Å². The lowest BCUT2D eigenvalue weighted by Gasteiger charge is -2.14. The molecule has 1 saturated carbocycles. The van der Waals surface area contributed by atoms with Crippen LogP contribution in [0.5, 0.6) is 0 Å². The third kappa shape index (κ3) is 4.93. The van der Waals surface area contributed by atoms with E-state index in [-0.39, 0.29) is 0 Å². The highest BCUT2D eigenvalue weighted by atomic mass is 32.1. The normalized spacial score (nSPS) is 15.9. The highest BCUT2D eigenvalue weighted by molar-refractivity contribution is 7.80. The summed E-state index contributed by atoms with van der Waals surface area (Å²) in [5.74, 6) is 1.14. The number of anilines is 1. The molecule has 1 aromatic rings. The van der Waals surface area contributed by atoms with E-state index in [1.54, 1.807) is 7.05 Å². The Balaban J connectivity index is 2.15. The van der Waals surface area contributed by atoms with Crippen LogP contribution in [0.2, 0.25) is 0 Å². The minimum absolute atomic E-state index is 0.338. The third-order valence-electron chi connectivity index (χ3n) is 3.31. The van der Waals surface area contributed by atoms with Gasteiger partial charge in [0, 0.05) is 18.4 Å².